The van der Waals surface area contributed by atoms with Crippen LogP contribution >= 0.6 is 0 Å². The Morgan fingerprint density at radius 2 is 1.83 bits per heavy atom. The number of carbonyl (C=O) groups excluding carboxylic acids is 2. The topological polar surface area (TPSA) is 71.3 Å². The fourth-order valence-corrected chi connectivity index (χ4v) is 3.62. The Hall–Kier alpha value is -3.41. The van der Waals surface area contributed by atoms with Crippen LogP contribution in [0.1, 0.15) is 40.9 Å². The summed E-state index contributed by atoms with van der Waals surface area (Å²) in [6.45, 7) is 0.363. The smallest absolute Gasteiger partial charge is 0.291 e. The first-order chi connectivity index (χ1) is 14.1. The molecule has 3 aromatic rings. The summed E-state index contributed by atoms with van der Waals surface area (Å²) < 4.78 is 18.7. The van der Waals surface area contributed by atoms with Gasteiger partial charge in [0, 0.05) is 12.2 Å². The SMILES string of the molecule is O=C(Nc1ccc(CNC(=O)C2(c3cccc(F)c3)CCC2)cc1)c1ccco1. The zero-order chi connectivity index (χ0) is 20.3. The highest BCUT2D eigenvalue weighted by Crippen LogP contribution is 2.44. The molecule has 0 radical (unpaired) electrons. The maximum absolute atomic E-state index is 13.6. The zero-order valence-electron chi connectivity index (χ0n) is 15.8. The summed E-state index contributed by atoms with van der Waals surface area (Å²) in [5.74, 6) is -0.485. The van der Waals surface area contributed by atoms with Crippen molar-refractivity contribution in [2.75, 3.05) is 5.32 Å². The Morgan fingerprint density at radius 3 is 2.45 bits per heavy atom. The normalized spacial score (nSPS) is 14.7. The van der Waals surface area contributed by atoms with Crippen LogP contribution in [0.5, 0.6) is 0 Å². The largest absolute Gasteiger partial charge is 0.459 e. The first kappa shape index (κ1) is 18.9. The molecule has 2 amide bonds. The third-order valence-electron chi connectivity index (χ3n) is 5.43. The molecule has 0 atom stereocenters. The van der Waals surface area contributed by atoms with E-state index in [1.54, 1.807) is 30.3 Å². The number of hydrogen-bond acceptors (Lipinski definition) is 3. The van der Waals surface area contributed by atoms with E-state index in [0.717, 1.165) is 30.4 Å². The number of rotatable bonds is 6. The second-order valence-electron chi connectivity index (χ2n) is 7.26. The number of anilines is 1. The van der Waals surface area contributed by atoms with Crippen molar-refractivity contribution in [3.05, 3.63) is 89.6 Å². The summed E-state index contributed by atoms with van der Waals surface area (Å²) in [5.41, 5.74) is 1.64. The van der Waals surface area contributed by atoms with Crippen LogP contribution < -0.4 is 10.6 Å². The van der Waals surface area contributed by atoms with Crippen LogP contribution in [0.25, 0.3) is 0 Å². The minimum atomic E-state index is -0.640. The number of carbonyl (C=O) groups is 2. The van der Waals surface area contributed by atoms with Gasteiger partial charge in [-0.2, -0.15) is 0 Å². The van der Waals surface area contributed by atoms with Crippen LogP contribution in [0.2, 0.25) is 0 Å². The second kappa shape index (κ2) is 7.91. The van der Waals surface area contributed by atoms with Crippen molar-refractivity contribution >= 4 is 17.5 Å². The summed E-state index contributed by atoms with van der Waals surface area (Å²) in [6, 6.07) is 16.8. The van der Waals surface area contributed by atoms with Gasteiger partial charge >= 0.3 is 0 Å². The standard InChI is InChI=1S/C23H21FN2O3/c24-18-5-1-4-17(14-18)23(11-3-12-23)22(28)25-15-16-7-9-19(10-8-16)26-21(27)20-6-2-13-29-20/h1-2,4-10,13-14H,3,11-12,15H2,(H,25,28)(H,26,27). The fraction of sp³-hybridized carbons (Fsp3) is 0.217. The van der Waals surface area contributed by atoms with Crippen molar-refractivity contribution in [3.63, 3.8) is 0 Å². The molecule has 29 heavy (non-hydrogen) atoms. The van der Waals surface area contributed by atoms with Crippen LogP contribution in [0, 0.1) is 5.82 Å². The lowest BCUT2D eigenvalue weighted by atomic mass is 9.64. The van der Waals surface area contributed by atoms with E-state index in [2.05, 4.69) is 10.6 Å². The molecule has 4 rings (SSSR count). The molecule has 1 saturated carbocycles. The minimum absolute atomic E-state index is 0.0791. The van der Waals surface area contributed by atoms with Crippen molar-refractivity contribution in [2.24, 2.45) is 0 Å². The van der Waals surface area contributed by atoms with E-state index in [4.69, 9.17) is 4.42 Å². The highest BCUT2D eigenvalue weighted by atomic mass is 19.1. The van der Waals surface area contributed by atoms with Crippen LogP contribution in [0.4, 0.5) is 10.1 Å². The molecule has 6 heteroatoms. The third-order valence-corrected chi connectivity index (χ3v) is 5.43. The molecule has 1 heterocycles. The van der Waals surface area contributed by atoms with Crippen LogP contribution in [0.3, 0.4) is 0 Å². The van der Waals surface area contributed by atoms with E-state index < -0.39 is 5.41 Å². The first-order valence-corrected chi connectivity index (χ1v) is 9.55. The van der Waals surface area contributed by atoms with Gasteiger partial charge in [0.2, 0.25) is 5.91 Å². The summed E-state index contributed by atoms with van der Waals surface area (Å²) in [6.07, 6.45) is 3.84. The van der Waals surface area contributed by atoms with E-state index in [1.165, 1.54) is 18.4 Å². The number of halogens is 1. The molecular formula is C23H21FN2O3. The predicted octanol–water partition coefficient (Wildman–Crippen LogP) is 4.41. The minimum Gasteiger partial charge on any atom is -0.459 e. The maximum Gasteiger partial charge on any atom is 0.291 e. The molecule has 5 nitrogen and oxygen atoms in total. The lowest BCUT2D eigenvalue weighted by molar-refractivity contribution is -0.130. The van der Waals surface area contributed by atoms with Gasteiger partial charge in [0.15, 0.2) is 5.76 Å². The number of hydrogen-bond donors (Lipinski definition) is 2. The average molecular weight is 392 g/mol. The van der Waals surface area contributed by atoms with Crippen molar-refractivity contribution in [1.29, 1.82) is 0 Å². The zero-order valence-corrected chi connectivity index (χ0v) is 15.8. The molecule has 0 unspecified atom stereocenters. The Bertz CT molecular complexity index is 1010. The highest BCUT2D eigenvalue weighted by molar-refractivity contribution is 6.02. The quantitative estimate of drug-likeness (QED) is 0.653. The van der Waals surface area contributed by atoms with Crippen LogP contribution in [0.15, 0.2) is 71.3 Å². The maximum atomic E-state index is 13.6. The van der Waals surface area contributed by atoms with Gasteiger partial charge in [-0.1, -0.05) is 30.7 Å². The molecule has 1 aliphatic rings. The number of amides is 2. The molecule has 148 valence electrons. The Kier molecular flexibility index (Phi) is 5.16. The molecule has 0 bridgehead atoms. The lowest BCUT2D eigenvalue weighted by Gasteiger charge is -2.40. The molecule has 1 aliphatic carbocycles. The summed E-state index contributed by atoms with van der Waals surface area (Å²) in [5, 5.41) is 5.73. The Labute approximate surface area is 167 Å². The van der Waals surface area contributed by atoms with Crippen molar-refractivity contribution in [3.8, 4) is 0 Å². The Morgan fingerprint density at radius 1 is 1.03 bits per heavy atom. The van der Waals surface area contributed by atoms with E-state index in [1.807, 2.05) is 18.2 Å². The molecule has 0 aliphatic heterocycles. The first-order valence-electron chi connectivity index (χ1n) is 9.55. The molecular weight excluding hydrogens is 371 g/mol. The second-order valence-corrected chi connectivity index (χ2v) is 7.26. The van der Waals surface area contributed by atoms with Crippen LogP contribution in [-0.2, 0) is 16.8 Å². The van der Waals surface area contributed by atoms with E-state index in [9.17, 15) is 14.0 Å². The van der Waals surface area contributed by atoms with Gasteiger partial charge in [0.05, 0.1) is 11.7 Å². The van der Waals surface area contributed by atoms with Crippen LogP contribution in [-0.4, -0.2) is 11.8 Å². The number of furan rings is 1. The van der Waals surface area contributed by atoms with Crippen molar-refractivity contribution < 1.29 is 18.4 Å². The molecule has 0 spiro atoms. The average Bonchev–Trinajstić information content (AvgIpc) is 3.22. The van der Waals surface area contributed by atoms with Crippen molar-refractivity contribution in [1.82, 2.24) is 5.32 Å². The monoisotopic (exact) mass is 392 g/mol. The number of benzene rings is 2. The summed E-state index contributed by atoms with van der Waals surface area (Å²) >= 11 is 0. The Balaban J connectivity index is 1.37. The van der Waals surface area contributed by atoms with E-state index in [-0.39, 0.29) is 23.4 Å². The van der Waals surface area contributed by atoms with Gasteiger partial charge < -0.3 is 15.1 Å². The molecule has 1 aromatic heterocycles. The molecule has 2 aromatic carbocycles. The third kappa shape index (κ3) is 3.92. The van der Waals surface area contributed by atoms with E-state index in [0.29, 0.717) is 12.2 Å². The van der Waals surface area contributed by atoms with Gasteiger partial charge in [-0.15, -0.1) is 0 Å². The van der Waals surface area contributed by atoms with Gasteiger partial charge in [0.1, 0.15) is 5.82 Å². The van der Waals surface area contributed by atoms with Gasteiger partial charge in [-0.3, -0.25) is 9.59 Å². The molecule has 0 saturated heterocycles. The van der Waals surface area contributed by atoms with Gasteiger partial charge in [0.25, 0.3) is 5.91 Å². The number of nitrogens with one attached hydrogen (secondary N) is 2. The van der Waals surface area contributed by atoms with Crippen molar-refractivity contribution in [2.45, 2.75) is 31.2 Å². The van der Waals surface area contributed by atoms with Gasteiger partial charge in [-0.05, 0) is 60.4 Å². The van der Waals surface area contributed by atoms with E-state index >= 15 is 0 Å². The lowest BCUT2D eigenvalue weighted by Crippen LogP contribution is -2.49. The molecule has 1 fully saturated rings. The predicted molar refractivity (Wildman–Crippen MR) is 107 cm³/mol. The summed E-state index contributed by atoms with van der Waals surface area (Å²) in [7, 11) is 0. The van der Waals surface area contributed by atoms with Gasteiger partial charge in [-0.25, -0.2) is 4.39 Å². The summed E-state index contributed by atoms with van der Waals surface area (Å²) in [4.78, 5) is 24.9. The fourth-order valence-electron chi connectivity index (χ4n) is 3.62. The highest BCUT2D eigenvalue weighted by Gasteiger charge is 2.45. The molecule has 2 N–H and O–H groups in total.